The molecular formula is C25H31NO3. The van der Waals surface area contributed by atoms with Crippen LogP contribution in [0, 0.1) is 11.8 Å². The molecule has 0 radical (unpaired) electrons. The molecule has 1 saturated heterocycles. The molecule has 1 amide bonds. The van der Waals surface area contributed by atoms with E-state index in [1.165, 1.54) is 11.1 Å². The summed E-state index contributed by atoms with van der Waals surface area (Å²) >= 11 is 0. The number of hydrogen-bond acceptors (Lipinski definition) is 3. The lowest BCUT2D eigenvalue weighted by Crippen LogP contribution is -2.48. The highest BCUT2D eigenvalue weighted by Crippen LogP contribution is 2.53. The average Bonchev–Trinajstić information content (AvgIpc) is 3.16. The van der Waals surface area contributed by atoms with E-state index in [-0.39, 0.29) is 23.3 Å². The van der Waals surface area contributed by atoms with Crippen molar-refractivity contribution in [2.24, 2.45) is 11.8 Å². The van der Waals surface area contributed by atoms with Crippen LogP contribution >= 0.6 is 0 Å². The van der Waals surface area contributed by atoms with E-state index in [1.54, 1.807) is 4.90 Å². The molecule has 4 nitrogen and oxygen atoms in total. The number of ether oxygens (including phenoxy) is 1. The molecule has 0 unspecified atom stereocenters. The van der Waals surface area contributed by atoms with Gasteiger partial charge in [0.1, 0.15) is 5.60 Å². The lowest BCUT2D eigenvalue weighted by molar-refractivity contribution is 0.0212. The predicted molar refractivity (Wildman–Crippen MR) is 114 cm³/mol. The van der Waals surface area contributed by atoms with Crippen LogP contribution in [0.3, 0.4) is 0 Å². The fourth-order valence-electron chi connectivity index (χ4n) is 5.35. The largest absolute Gasteiger partial charge is 0.444 e. The van der Waals surface area contributed by atoms with Gasteiger partial charge < -0.3 is 14.7 Å². The Hall–Kier alpha value is -2.33. The molecular weight excluding hydrogens is 362 g/mol. The summed E-state index contributed by atoms with van der Waals surface area (Å²) in [7, 11) is 0. The van der Waals surface area contributed by atoms with Crippen LogP contribution < -0.4 is 0 Å². The molecule has 1 aliphatic heterocycles. The van der Waals surface area contributed by atoms with Crippen molar-refractivity contribution < 1.29 is 14.6 Å². The fraction of sp³-hybridized carbons (Fsp3) is 0.480. The highest BCUT2D eigenvalue weighted by atomic mass is 16.6. The molecule has 1 aliphatic carbocycles. The first-order chi connectivity index (χ1) is 13.8. The Morgan fingerprint density at radius 1 is 1.00 bits per heavy atom. The van der Waals surface area contributed by atoms with Crippen molar-refractivity contribution >= 4 is 6.09 Å². The Bertz CT molecular complexity index is 804. The van der Waals surface area contributed by atoms with Gasteiger partial charge in [-0.05, 0) is 50.7 Å². The normalized spacial score (nSPS) is 26.1. The van der Waals surface area contributed by atoms with E-state index in [0.29, 0.717) is 13.1 Å². The van der Waals surface area contributed by atoms with Crippen molar-refractivity contribution in [3.05, 3.63) is 71.8 Å². The van der Waals surface area contributed by atoms with Gasteiger partial charge >= 0.3 is 6.09 Å². The lowest BCUT2D eigenvalue weighted by atomic mass is 9.56. The van der Waals surface area contributed by atoms with Crippen molar-refractivity contribution in [1.29, 1.82) is 0 Å². The second kappa shape index (κ2) is 7.49. The number of rotatable bonds is 2. The molecule has 1 saturated carbocycles. The van der Waals surface area contributed by atoms with Gasteiger partial charge in [-0.2, -0.15) is 0 Å². The van der Waals surface area contributed by atoms with Crippen molar-refractivity contribution in [2.45, 2.75) is 50.7 Å². The highest BCUT2D eigenvalue weighted by molar-refractivity contribution is 5.69. The molecule has 4 heteroatoms. The van der Waals surface area contributed by atoms with Gasteiger partial charge in [-0.25, -0.2) is 4.79 Å². The van der Waals surface area contributed by atoms with E-state index < -0.39 is 11.7 Å². The predicted octanol–water partition coefficient (Wildman–Crippen LogP) is 4.61. The zero-order valence-electron chi connectivity index (χ0n) is 17.5. The number of likely N-dealkylation sites (tertiary alicyclic amines) is 1. The van der Waals surface area contributed by atoms with Crippen LogP contribution in [0.4, 0.5) is 4.79 Å². The molecule has 2 fully saturated rings. The SMILES string of the molecule is CC(C)(C)OC(=O)N1C[C@@H]2[C@H](O)CCC(c3ccccc3)(c3ccccc3)[C@@H]2C1. The summed E-state index contributed by atoms with van der Waals surface area (Å²) in [6.45, 7) is 6.81. The van der Waals surface area contributed by atoms with Crippen LogP contribution in [0.1, 0.15) is 44.7 Å². The maximum atomic E-state index is 12.8. The number of aliphatic hydroxyl groups is 1. The first-order valence-electron chi connectivity index (χ1n) is 10.6. The minimum Gasteiger partial charge on any atom is -0.444 e. The van der Waals surface area contributed by atoms with Crippen LogP contribution in [0.5, 0.6) is 0 Å². The molecule has 0 bridgehead atoms. The fourth-order valence-corrected chi connectivity index (χ4v) is 5.35. The van der Waals surface area contributed by atoms with E-state index in [1.807, 2.05) is 32.9 Å². The van der Waals surface area contributed by atoms with Gasteiger partial charge in [-0.15, -0.1) is 0 Å². The number of benzene rings is 2. The number of carbonyl (C=O) groups excluding carboxylic acids is 1. The summed E-state index contributed by atoms with van der Waals surface area (Å²) in [6.07, 6.45) is 0.917. The maximum Gasteiger partial charge on any atom is 0.410 e. The summed E-state index contributed by atoms with van der Waals surface area (Å²) in [5, 5.41) is 10.9. The lowest BCUT2D eigenvalue weighted by Gasteiger charge is -2.48. The summed E-state index contributed by atoms with van der Waals surface area (Å²) in [5.74, 6) is 0.181. The van der Waals surface area contributed by atoms with E-state index in [2.05, 4.69) is 48.5 Å². The standard InChI is InChI=1S/C25H31NO3/c1-24(2,3)29-23(28)26-16-20-21(17-26)25(15-14-22(20)27,18-10-6-4-7-11-18)19-12-8-5-9-13-19/h4-13,20-22,27H,14-17H2,1-3H3/t20-,21+,22+/m0/s1. The number of amides is 1. The van der Waals surface area contributed by atoms with Crippen LogP contribution in [0.2, 0.25) is 0 Å². The van der Waals surface area contributed by atoms with Crippen LogP contribution in [0.25, 0.3) is 0 Å². The van der Waals surface area contributed by atoms with Crippen LogP contribution in [-0.2, 0) is 10.2 Å². The second-order valence-electron chi connectivity index (χ2n) is 9.47. The molecule has 2 aliphatic rings. The number of aliphatic hydroxyl groups excluding tert-OH is 1. The van der Waals surface area contributed by atoms with Gasteiger partial charge in [0.15, 0.2) is 0 Å². The highest BCUT2D eigenvalue weighted by Gasteiger charge is 2.55. The molecule has 0 spiro atoms. The van der Waals surface area contributed by atoms with Gasteiger partial charge in [-0.1, -0.05) is 60.7 Å². The Balaban J connectivity index is 1.76. The molecule has 154 valence electrons. The zero-order valence-corrected chi connectivity index (χ0v) is 17.5. The monoisotopic (exact) mass is 393 g/mol. The van der Waals surface area contributed by atoms with Gasteiger partial charge in [0.05, 0.1) is 6.10 Å². The third-order valence-electron chi connectivity index (χ3n) is 6.56. The maximum absolute atomic E-state index is 12.8. The molecule has 4 rings (SSSR count). The average molecular weight is 394 g/mol. The van der Waals surface area contributed by atoms with Crippen molar-refractivity contribution in [3.8, 4) is 0 Å². The third-order valence-corrected chi connectivity index (χ3v) is 6.56. The Labute approximate surface area is 173 Å². The molecule has 29 heavy (non-hydrogen) atoms. The Morgan fingerprint density at radius 2 is 1.55 bits per heavy atom. The number of hydrogen-bond donors (Lipinski definition) is 1. The first kappa shape index (κ1) is 20.0. The Morgan fingerprint density at radius 3 is 2.07 bits per heavy atom. The molecule has 2 aromatic rings. The van der Waals surface area contributed by atoms with E-state index in [0.717, 1.165) is 12.8 Å². The van der Waals surface area contributed by atoms with Crippen LogP contribution in [0.15, 0.2) is 60.7 Å². The third kappa shape index (κ3) is 3.66. The molecule has 0 aromatic heterocycles. The summed E-state index contributed by atoms with van der Waals surface area (Å²) in [5.41, 5.74) is 1.78. The van der Waals surface area contributed by atoms with Crippen molar-refractivity contribution in [3.63, 3.8) is 0 Å². The summed E-state index contributed by atoms with van der Waals surface area (Å²) < 4.78 is 5.65. The smallest absolute Gasteiger partial charge is 0.410 e. The van der Waals surface area contributed by atoms with E-state index in [4.69, 9.17) is 4.74 Å². The molecule has 1 heterocycles. The van der Waals surface area contributed by atoms with Gasteiger partial charge in [0.25, 0.3) is 0 Å². The van der Waals surface area contributed by atoms with Gasteiger partial charge in [0, 0.05) is 24.4 Å². The second-order valence-corrected chi connectivity index (χ2v) is 9.47. The van der Waals surface area contributed by atoms with Crippen molar-refractivity contribution in [1.82, 2.24) is 4.90 Å². The molecule has 1 N–H and O–H groups in total. The first-order valence-corrected chi connectivity index (χ1v) is 10.6. The Kier molecular flexibility index (Phi) is 5.16. The quantitative estimate of drug-likeness (QED) is 0.811. The summed E-state index contributed by atoms with van der Waals surface area (Å²) in [4.78, 5) is 14.6. The minimum atomic E-state index is -0.528. The number of fused-ring (bicyclic) bond motifs is 1. The minimum absolute atomic E-state index is 0.0386. The number of carbonyl (C=O) groups is 1. The van der Waals surface area contributed by atoms with E-state index >= 15 is 0 Å². The van der Waals surface area contributed by atoms with E-state index in [9.17, 15) is 9.90 Å². The van der Waals surface area contributed by atoms with Gasteiger partial charge in [0.2, 0.25) is 0 Å². The number of nitrogens with zero attached hydrogens (tertiary/aromatic N) is 1. The van der Waals surface area contributed by atoms with Crippen molar-refractivity contribution in [2.75, 3.05) is 13.1 Å². The molecule has 3 atom stereocenters. The zero-order chi connectivity index (χ0) is 20.6. The summed E-state index contributed by atoms with van der Waals surface area (Å²) in [6, 6.07) is 21.2. The van der Waals surface area contributed by atoms with Gasteiger partial charge in [-0.3, -0.25) is 0 Å². The topological polar surface area (TPSA) is 49.8 Å². The molecule has 2 aromatic carbocycles. The van der Waals surface area contributed by atoms with Crippen LogP contribution in [-0.4, -0.2) is 40.9 Å².